The van der Waals surface area contributed by atoms with Crippen molar-refractivity contribution in [3.63, 3.8) is 0 Å². The zero-order valence-electron chi connectivity index (χ0n) is 16.3. The first-order valence-electron chi connectivity index (χ1n) is 9.24. The van der Waals surface area contributed by atoms with Crippen LogP contribution < -0.4 is 9.64 Å². The maximum Gasteiger partial charge on any atom is 0.300 e. The first-order valence-corrected chi connectivity index (χ1v) is 10.00. The number of ketones is 1. The van der Waals surface area contributed by atoms with Gasteiger partial charge in [-0.2, -0.15) is 0 Å². The van der Waals surface area contributed by atoms with Gasteiger partial charge in [-0.15, -0.1) is 0 Å². The highest BCUT2D eigenvalue weighted by atomic mass is 35.5. The topological polar surface area (TPSA) is 79.7 Å². The summed E-state index contributed by atoms with van der Waals surface area (Å²) in [6.45, 7) is 0. The molecule has 2 aromatic carbocycles. The molecule has 8 heteroatoms. The maximum absolute atomic E-state index is 13.1. The monoisotopic (exact) mass is 454 g/mol. The van der Waals surface area contributed by atoms with Gasteiger partial charge < -0.3 is 9.84 Å². The van der Waals surface area contributed by atoms with E-state index < -0.39 is 23.5 Å². The number of anilines is 1. The summed E-state index contributed by atoms with van der Waals surface area (Å²) in [5, 5.41) is 11.4. The van der Waals surface area contributed by atoms with Crippen molar-refractivity contribution < 1.29 is 19.4 Å². The standard InChI is InChI=1S/C23H16Cl2N2O4/c1-31-22-15(24)11-13(12-16(22)25)20(28)18-19(17-9-5-6-10-26-17)27(23(30)21(18)29)14-7-3-2-4-8-14/h2-12,19,28H,1H3/b20-18+. The number of ether oxygens (including phenoxy) is 1. The minimum Gasteiger partial charge on any atom is -0.507 e. The Morgan fingerprint density at radius 1 is 1.03 bits per heavy atom. The van der Waals surface area contributed by atoms with Crippen LogP contribution in [0.25, 0.3) is 5.76 Å². The summed E-state index contributed by atoms with van der Waals surface area (Å²) >= 11 is 12.4. The molecule has 1 N–H and O–H groups in total. The lowest BCUT2D eigenvalue weighted by atomic mass is 9.98. The van der Waals surface area contributed by atoms with Gasteiger partial charge in [0, 0.05) is 17.4 Å². The fourth-order valence-electron chi connectivity index (χ4n) is 3.55. The van der Waals surface area contributed by atoms with E-state index in [-0.39, 0.29) is 26.9 Å². The number of methoxy groups -OCH3 is 1. The van der Waals surface area contributed by atoms with Crippen molar-refractivity contribution in [1.82, 2.24) is 4.98 Å². The predicted octanol–water partition coefficient (Wildman–Crippen LogP) is 5.02. The molecule has 6 nitrogen and oxygen atoms in total. The number of hydrogen-bond donors (Lipinski definition) is 1. The highest BCUT2D eigenvalue weighted by Crippen LogP contribution is 2.43. The van der Waals surface area contributed by atoms with E-state index >= 15 is 0 Å². The van der Waals surface area contributed by atoms with Gasteiger partial charge in [-0.1, -0.05) is 47.5 Å². The van der Waals surface area contributed by atoms with Crippen molar-refractivity contribution in [2.45, 2.75) is 6.04 Å². The van der Waals surface area contributed by atoms with Gasteiger partial charge >= 0.3 is 0 Å². The number of nitrogens with zero attached hydrogens (tertiary/aromatic N) is 2. The molecule has 1 amide bonds. The molecule has 1 aromatic heterocycles. The summed E-state index contributed by atoms with van der Waals surface area (Å²) in [5.41, 5.74) is 1.01. The number of aliphatic hydroxyl groups excluding tert-OH is 1. The Morgan fingerprint density at radius 3 is 2.26 bits per heavy atom. The Balaban J connectivity index is 1.95. The summed E-state index contributed by atoms with van der Waals surface area (Å²) < 4.78 is 5.14. The average molecular weight is 455 g/mol. The highest BCUT2D eigenvalue weighted by molar-refractivity contribution is 6.51. The molecule has 1 aliphatic heterocycles. The SMILES string of the molecule is COc1c(Cl)cc(/C(O)=C2\C(=O)C(=O)N(c3ccccc3)C2c2ccccn2)cc1Cl. The Hall–Kier alpha value is -3.35. The Morgan fingerprint density at radius 2 is 1.68 bits per heavy atom. The number of para-hydroxylation sites is 1. The molecule has 1 aliphatic rings. The summed E-state index contributed by atoms with van der Waals surface area (Å²) in [7, 11) is 1.42. The molecule has 31 heavy (non-hydrogen) atoms. The van der Waals surface area contributed by atoms with Crippen LogP contribution in [0.2, 0.25) is 10.0 Å². The fraction of sp³-hybridized carbons (Fsp3) is 0.0870. The molecule has 0 saturated carbocycles. The molecule has 156 valence electrons. The molecular formula is C23H16Cl2N2O4. The lowest BCUT2D eigenvalue weighted by molar-refractivity contribution is -0.132. The van der Waals surface area contributed by atoms with Gasteiger partial charge in [-0.05, 0) is 36.4 Å². The molecule has 0 aliphatic carbocycles. The summed E-state index contributed by atoms with van der Waals surface area (Å²) in [4.78, 5) is 31.7. The number of hydrogen-bond acceptors (Lipinski definition) is 5. The van der Waals surface area contributed by atoms with E-state index in [0.29, 0.717) is 11.4 Å². The zero-order valence-corrected chi connectivity index (χ0v) is 17.8. The van der Waals surface area contributed by atoms with Crippen LogP contribution in [0, 0.1) is 0 Å². The molecule has 2 heterocycles. The van der Waals surface area contributed by atoms with Gasteiger partial charge in [0.1, 0.15) is 11.8 Å². The first-order chi connectivity index (χ1) is 14.9. The number of carbonyl (C=O) groups is 2. The lowest BCUT2D eigenvalue weighted by Gasteiger charge is -2.24. The van der Waals surface area contributed by atoms with Crippen molar-refractivity contribution in [2.75, 3.05) is 12.0 Å². The fourth-order valence-corrected chi connectivity index (χ4v) is 4.19. The smallest absolute Gasteiger partial charge is 0.300 e. The van der Waals surface area contributed by atoms with E-state index in [4.69, 9.17) is 27.9 Å². The molecule has 1 atom stereocenters. The van der Waals surface area contributed by atoms with Gasteiger partial charge in [-0.25, -0.2) is 0 Å². The van der Waals surface area contributed by atoms with E-state index in [9.17, 15) is 14.7 Å². The predicted molar refractivity (Wildman–Crippen MR) is 118 cm³/mol. The van der Waals surface area contributed by atoms with Gasteiger partial charge in [0.25, 0.3) is 11.7 Å². The minimum atomic E-state index is -0.928. The Bertz CT molecular complexity index is 1170. The van der Waals surface area contributed by atoms with Crippen LogP contribution in [-0.2, 0) is 9.59 Å². The van der Waals surface area contributed by atoms with Crippen molar-refractivity contribution in [3.8, 4) is 5.75 Å². The largest absolute Gasteiger partial charge is 0.507 e. The summed E-state index contributed by atoms with van der Waals surface area (Å²) in [6, 6.07) is 15.8. The number of Topliss-reactive ketones (excluding diaryl/α,β-unsaturated/α-hetero) is 1. The van der Waals surface area contributed by atoms with Crippen LogP contribution in [0.3, 0.4) is 0 Å². The summed E-state index contributed by atoms with van der Waals surface area (Å²) in [5.74, 6) is -1.76. The number of pyridine rings is 1. The van der Waals surface area contributed by atoms with E-state index in [1.165, 1.54) is 24.1 Å². The number of halogens is 2. The molecule has 1 unspecified atom stereocenters. The second kappa shape index (κ2) is 8.41. The van der Waals surface area contributed by atoms with Crippen LogP contribution >= 0.6 is 23.2 Å². The first kappa shape index (κ1) is 20.9. The van der Waals surface area contributed by atoms with E-state index in [0.717, 1.165) is 0 Å². The third-order valence-corrected chi connectivity index (χ3v) is 5.48. The molecular weight excluding hydrogens is 439 g/mol. The minimum absolute atomic E-state index is 0.107. The summed E-state index contributed by atoms with van der Waals surface area (Å²) in [6.07, 6.45) is 1.56. The van der Waals surface area contributed by atoms with Gasteiger partial charge in [0.2, 0.25) is 0 Å². The number of benzene rings is 2. The van der Waals surface area contributed by atoms with Crippen LogP contribution in [0.4, 0.5) is 5.69 Å². The van der Waals surface area contributed by atoms with Gasteiger partial charge in [0.15, 0.2) is 5.75 Å². The quantitative estimate of drug-likeness (QED) is 0.340. The molecule has 0 bridgehead atoms. The molecule has 0 radical (unpaired) electrons. The average Bonchev–Trinajstić information content (AvgIpc) is 3.05. The zero-order chi connectivity index (χ0) is 22.1. The van der Waals surface area contributed by atoms with Crippen LogP contribution in [-0.4, -0.2) is 28.9 Å². The second-order valence-electron chi connectivity index (χ2n) is 6.73. The van der Waals surface area contributed by atoms with E-state index in [2.05, 4.69) is 4.98 Å². The lowest BCUT2D eigenvalue weighted by Crippen LogP contribution is -2.29. The Labute approximate surface area is 188 Å². The van der Waals surface area contributed by atoms with Crippen molar-refractivity contribution in [3.05, 3.63) is 93.7 Å². The van der Waals surface area contributed by atoms with E-state index in [1.807, 2.05) is 0 Å². The number of rotatable bonds is 4. The molecule has 1 fully saturated rings. The van der Waals surface area contributed by atoms with Gasteiger partial charge in [0.05, 0.1) is 28.4 Å². The van der Waals surface area contributed by atoms with Crippen LogP contribution in [0.15, 0.2) is 72.4 Å². The number of carbonyl (C=O) groups excluding carboxylic acids is 2. The molecule has 4 rings (SSSR count). The third kappa shape index (κ3) is 3.65. The van der Waals surface area contributed by atoms with Crippen molar-refractivity contribution >= 4 is 46.3 Å². The second-order valence-corrected chi connectivity index (χ2v) is 7.55. The molecule has 0 spiro atoms. The molecule has 1 saturated heterocycles. The maximum atomic E-state index is 13.1. The number of aromatic nitrogens is 1. The van der Waals surface area contributed by atoms with Crippen LogP contribution in [0.1, 0.15) is 17.3 Å². The molecule has 3 aromatic rings. The normalized spacial score (nSPS) is 17.8. The number of amides is 1. The van der Waals surface area contributed by atoms with E-state index in [1.54, 1.807) is 54.7 Å². The van der Waals surface area contributed by atoms with Crippen molar-refractivity contribution in [2.24, 2.45) is 0 Å². The highest BCUT2D eigenvalue weighted by Gasteiger charge is 2.47. The Kier molecular flexibility index (Phi) is 5.67. The number of aliphatic hydroxyl groups is 1. The van der Waals surface area contributed by atoms with Gasteiger partial charge in [-0.3, -0.25) is 19.5 Å². The third-order valence-electron chi connectivity index (χ3n) is 4.92. The van der Waals surface area contributed by atoms with Crippen molar-refractivity contribution in [1.29, 1.82) is 0 Å². The van der Waals surface area contributed by atoms with Crippen LogP contribution in [0.5, 0.6) is 5.75 Å².